The maximum atomic E-state index is 13.4. The van der Waals surface area contributed by atoms with Crippen molar-refractivity contribution in [2.24, 2.45) is 0 Å². The molecule has 3 aromatic carbocycles. The molecule has 236 valence electrons. The van der Waals surface area contributed by atoms with Crippen LogP contribution in [0.4, 0.5) is 0 Å². The topological polar surface area (TPSA) is 137 Å². The lowest BCUT2D eigenvalue weighted by Gasteiger charge is -2.20. The van der Waals surface area contributed by atoms with E-state index in [4.69, 9.17) is 18.9 Å². The maximum absolute atomic E-state index is 13.4. The summed E-state index contributed by atoms with van der Waals surface area (Å²) < 4.78 is 46.0. The number of rotatable bonds is 16. The minimum absolute atomic E-state index is 0.00957. The van der Waals surface area contributed by atoms with E-state index in [9.17, 15) is 23.1 Å². The number of carbonyl (C=O) groups excluding carboxylic acids is 1. The summed E-state index contributed by atoms with van der Waals surface area (Å²) in [4.78, 5) is 25.3. The standard InChI is InChI=1S/C33H39NO9S/c1-4-40-20-25(16-23-12-14-30-31(18-23)43-21-42-30)41-19-24-11-13-27(28(17-24)26-9-6-5-8-22(26)2)32(35)34-29(33(36)37)10-7-15-44(3,38)39/h5-6,8-9,11-14,17-18,25,29H,4,7,10,15-16,19-21H2,1-3H3,(H,34,35)(H,36,37)/t25-,29+/m1/s1. The van der Waals surface area contributed by atoms with E-state index in [-0.39, 0.29) is 38.1 Å². The van der Waals surface area contributed by atoms with Crippen LogP contribution in [0.1, 0.15) is 46.8 Å². The molecule has 0 radical (unpaired) electrons. The van der Waals surface area contributed by atoms with Crippen LogP contribution in [0.3, 0.4) is 0 Å². The third-order valence-electron chi connectivity index (χ3n) is 7.27. The number of benzene rings is 3. The van der Waals surface area contributed by atoms with Crippen LogP contribution in [0.5, 0.6) is 11.5 Å². The molecule has 0 aliphatic carbocycles. The number of aryl methyl sites for hydroxylation is 1. The highest BCUT2D eigenvalue weighted by atomic mass is 32.2. The first kappa shape index (κ1) is 33.0. The van der Waals surface area contributed by atoms with Crippen molar-refractivity contribution in [1.82, 2.24) is 5.32 Å². The van der Waals surface area contributed by atoms with Crippen molar-refractivity contribution in [3.05, 3.63) is 82.9 Å². The van der Waals surface area contributed by atoms with Crippen LogP contribution in [0.15, 0.2) is 60.7 Å². The lowest BCUT2D eigenvalue weighted by Crippen LogP contribution is -2.41. The van der Waals surface area contributed by atoms with Gasteiger partial charge >= 0.3 is 5.97 Å². The van der Waals surface area contributed by atoms with Crippen LogP contribution in [-0.4, -0.2) is 69.6 Å². The molecule has 1 aliphatic rings. The van der Waals surface area contributed by atoms with Gasteiger partial charge in [0.25, 0.3) is 5.91 Å². The third kappa shape index (κ3) is 9.28. The van der Waals surface area contributed by atoms with Crippen LogP contribution < -0.4 is 14.8 Å². The number of carbonyl (C=O) groups is 2. The minimum Gasteiger partial charge on any atom is -0.480 e. The number of ether oxygens (including phenoxy) is 4. The average Bonchev–Trinajstić information content (AvgIpc) is 3.45. The average molecular weight is 626 g/mol. The zero-order valence-electron chi connectivity index (χ0n) is 25.2. The minimum atomic E-state index is -3.25. The van der Waals surface area contributed by atoms with Crippen LogP contribution in [0, 0.1) is 6.92 Å². The fourth-order valence-corrected chi connectivity index (χ4v) is 5.67. The van der Waals surface area contributed by atoms with Gasteiger partial charge in [0.15, 0.2) is 11.5 Å². The Bertz CT molecular complexity index is 1570. The second-order valence-corrected chi connectivity index (χ2v) is 13.1. The highest BCUT2D eigenvalue weighted by Crippen LogP contribution is 2.33. The molecule has 0 unspecified atom stereocenters. The van der Waals surface area contributed by atoms with Gasteiger partial charge < -0.3 is 29.4 Å². The second kappa shape index (κ2) is 15.2. The second-order valence-electron chi connectivity index (χ2n) is 10.8. The van der Waals surface area contributed by atoms with Crippen molar-refractivity contribution in [3.8, 4) is 22.6 Å². The van der Waals surface area contributed by atoms with Gasteiger partial charge in [-0.25, -0.2) is 13.2 Å². The Morgan fingerprint density at radius 1 is 1.00 bits per heavy atom. The Labute approximate surface area is 258 Å². The number of fused-ring (bicyclic) bond motifs is 1. The van der Waals surface area contributed by atoms with E-state index in [1.54, 1.807) is 12.1 Å². The highest BCUT2D eigenvalue weighted by Gasteiger charge is 2.24. The molecule has 1 amide bonds. The molecule has 10 nitrogen and oxygen atoms in total. The summed E-state index contributed by atoms with van der Waals surface area (Å²) in [5.74, 6) is -0.520. The molecule has 0 fully saturated rings. The Morgan fingerprint density at radius 2 is 1.75 bits per heavy atom. The molecule has 0 aromatic heterocycles. The van der Waals surface area contributed by atoms with Crippen molar-refractivity contribution in [3.63, 3.8) is 0 Å². The van der Waals surface area contributed by atoms with E-state index >= 15 is 0 Å². The summed E-state index contributed by atoms with van der Waals surface area (Å²) in [5, 5.41) is 12.3. The molecule has 0 saturated heterocycles. The van der Waals surface area contributed by atoms with E-state index in [1.807, 2.05) is 62.4 Å². The van der Waals surface area contributed by atoms with E-state index in [2.05, 4.69) is 5.32 Å². The van der Waals surface area contributed by atoms with E-state index in [0.717, 1.165) is 28.5 Å². The molecule has 2 atom stereocenters. The number of hydrogen-bond donors (Lipinski definition) is 2. The molecule has 1 heterocycles. The van der Waals surface area contributed by atoms with E-state index in [0.29, 0.717) is 42.3 Å². The number of carboxylic acids is 1. The first-order valence-corrected chi connectivity index (χ1v) is 16.6. The van der Waals surface area contributed by atoms with Gasteiger partial charge in [-0.3, -0.25) is 4.79 Å². The van der Waals surface area contributed by atoms with Crippen LogP contribution in [-0.2, 0) is 37.1 Å². The molecule has 11 heteroatoms. The molecule has 44 heavy (non-hydrogen) atoms. The highest BCUT2D eigenvalue weighted by molar-refractivity contribution is 7.90. The summed E-state index contributed by atoms with van der Waals surface area (Å²) >= 11 is 0. The summed E-state index contributed by atoms with van der Waals surface area (Å²) in [7, 11) is -3.25. The summed E-state index contributed by atoms with van der Waals surface area (Å²) in [6.07, 6.45) is 1.55. The van der Waals surface area contributed by atoms with Crippen molar-refractivity contribution in [2.75, 3.05) is 32.0 Å². The van der Waals surface area contributed by atoms with E-state index in [1.165, 1.54) is 0 Å². The molecule has 0 spiro atoms. The summed E-state index contributed by atoms with van der Waals surface area (Å²) in [6.45, 7) is 5.27. The maximum Gasteiger partial charge on any atom is 0.326 e. The molecule has 2 N–H and O–H groups in total. The Kier molecular flexibility index (Phi) is 11.4. The predicted molar refractivity (Wildman–Crippen MR) is 166 cm³/mol. The Hall–Kier alpha value is -3.93. The third-order valence-corrected chi connectivity index (χ3v) is 8.30. The summed E-state index contributed by atoms with van der Waals surface area (Å²) in [6, 6.07) is 17.5. The summed E-state index contributed by atoms with van der Waals surface area (Å²) in [5.41, 5.74) is 4.57. The SMILES string of the molecule is CCOC[C@@H](Cc1ccc2c(c1)OCO2)OCc1ccc(C(=O)N[C@@H](CCCS(C)(=O)=O)C(=O)O)c(-c2ccccc2C)c1. The molecular formula is C33H39NO9S. The van der Waals surface area contributed by atoms with Gasteiger partial charge in [-0.1, -0.05) is 36.4 Å². The fourth-order valence-electron chi connectivity index (χ4n) is 4.98. The number of nitrogens with one attached hydrogen (secondary N) is 1. The van der Waals surface area contributed by atoms with Crippen molar-refractivity contribution in [1.29, 1.82) is 0 Å². The fraction of sp³-hybridized carbons (Fsp3) is 0.394. The molecular weight excluding hydrogens is 586 g/mol. The molecule has 4 rings (SSSR count). The number of sulfone groups is 1. The zero-order valence-corrected chi connectivity index (χ0v) is 26.0. The lowest BCUT2D eigenvalue weighted by atomic mass is 9.93. The van der Waals surface area contributed by atoms with Crippen LogP contribution in [0.25, 0.3) is 11.1 Å². The van der Waals surface area contributed by atoms with Crippen LogP contribution >= 0.6 is 0 Å². The van der Waals surface area contributed by atoms with Gasteiger partial charge in [0.05, 0.1) is 19.3 Å². The largest absolute Gasteiger partial charge is 0.480 e. The zero-order chi connectivity index (χ0) is 31.7. The predicted octanol–water partition coefficient (Wildman–Crippen LogP) is 4.56. The van der Waals surface area contributed by atoms with Crippen molar-refractivity contribution in [2.45, 2.75) is 51.9 Å². The smallest absolute Gasteiger partial charge is 0.326 e. The number of aliphatic carboxylic acids is 1. The van der Waals surface area contributed by atoms with Crippen LogP contribution in [0.2, 0.25) is 0 Å². The number of carboxylic acid groups (broad SMARTS) is 1. The molecule has 0 bridgehead atoms. The number of hydrogen-bond acceptors (Lipinski definition) is 8. The quantitative estimate of drug-likeness (QED) is 0.235. The van der Waals surface area contributed by atoms with Gasteiger partial charge in [-0.05, 0) is 78.8 Å². The van der Waals surface area contributed by atoms with Gasteiger partial charge in [0.1, 0.15) is 15.9 Å². The van der Waals surface area contributed by atoms with Gasteiger partial charge in [-0.2, -0.15) is 0 Å². The molecule has 3 aromatic rings. The monoisotopic (exact) mass is 625 g/mol. The van der Waals surface area contributed by atoms with Crippen molar-refractivity contribution >= 4 is 21.7 Å². The van der Waals surface area contributed by atoms with Crippen molar-refractivity contribution < 1.29 is 42.1 Å². The Balaban J connectivity index is 1.54. The normalized spacial score (nSPS) is 13.8. The first-order valence-electron chi connectivity index (χ1n) is 14.5. The molecule has 1 aliphatic heterocycles. The van der Waals surface area contributed by atoms with Gasteiger partial charge in [-0.15, -0.1) is 0 Å². The number of amides is 1. The lowest BCUT2D eigenvalue weighted by molar-refractivity contribution is -0.139. The van der Waals surface area contributed by atoms with Gasteiger partial charge in [0, 0.05) is 30.6 Å². The van der Waals surface area contributed by atoms with Gasteiger partial charge in [0.2, 0.25) is 6.79 Å². The Morgan fingerprint density at radius 3 is 2.48 bits per heavy atom. The first-order chi connectivity index (χ1) is 21.0. The molecule has 0 saturated carbocycles. The van der Waals surface area contributed by atoms with E-state index < -0.39 is 27.8 Å².